The Morgan fingerprint density at radius 2 is 1.84 bits per heavy atom. The zero-order valence-electron chi connectivity index (χ0n) is 16.3. The van der Waals surface area contributed by atoms with E-state index < -0.39 is 0 Å². The molecule has 0 aromatic carbocycles. The number of guanidine groups is 1. The van der Waals surface area contributed by atoms with Crippen molar-refractivity contribution in [3.05, 3.63) is 0 Å². The Balaban J connectivity index is 1.79. The number of ether oxygens (including phenoxy) is 1. The quantitative estimate of drug-likeness (QED) is 0.557. The number of rotatable bonds is 5. The number of amides is 1. The Hall–Kier alpha value is -1.34. The minimum Gasteiger partial charge on any atom is -0.379 e. The molecular formula is C18H35N5O2. The molecule has 0 bridgehead atoms. The molecule has 2 heterocycles. The van der Waals surface area contributed by atoms with Crippen molar-refractivity contribution in [2.75, 3.05) is 60.0 Å². The molecule has 7 nitrogen and oxygen atoms in total. The third-order valence-corrected chi connectivity index (χ3v) is 5.43. The number of nitrogens with one attached hydrogen (secondary N) is 2. The maximum absolute atomic E-state index is 11.5. The fourth-order valence-corrected chi connectivity index (χ4v) is 3.62. The molecule has 144 valence electrons. The number of carbonyl (C=O) groups excluding carboxylic acids is 1. The predicted molar refractivity (Wildman–Crippen MR) is 101 cm³/mol. The van der Waals surface area contributed by atoms with Gasteiger partial charge in [-0.25, -0.2) is 0 Å². The summed E-state index contributed by atoms with van der Waals surface area (Å²) >= 11 is 0. The van der Waals surface area contributed by atoms with E-state index in [-0.39, 0.29) is 11.4 Å². The Kier molecular flexibility index (Phi) is 7.50. The highest BCUT2D eigenvalue weighted by atomic mass is 16.5. The topological polar surface area (TPSA) is 69.2 Å². The highest BCUT2D eigenvalue weighted by Crippen LogP contribution is 2.21. The molecule has 0 atom stereocenters. The van der Waals surface area contributed by atoms with Crippen LogP contribution >= 0.6 is 0 Å². The van der Waals surface area contributed by atoms with Crippen LogP contribution in [0.5, 0.6) is 0 Å². The summed E-state index contributed by atoms with van der Waals surface area (Å²) in [4.78, 5) is 20.8. The summed E-state index contributed by atoms with van der Waals surface area (Å²) in [5.74, 6) is 1.60. The average Bonchev–Trinajstić information content (AvgIpc) is 2.64. The lowest BCUT2D eigenvalue weighted by Crippen LogP contribution is -2.57. The van der Waals surface area contributed by atoms with Gasteiger partial charge in [0.15, 0.2) is 5.96 Å². The molecule has 2 N–H and O–H groups in total. The van der Waals surface area contributed by atoms with Crippen LogP contribution < -0.4 is 10.6 Å². The molecule has 0 aromatic heterocycles. The van der Waals surface area contributed by atoms with Crippen molar-refractivity contribution in [1.82, 2.24) is 20.4 Å². The summed E-state index contributed by atoms with van der Waals surface area (Å²) < 4.78 is 5.46. The van der Waals surface area contributed by atoms with Crippen LogP contribution in [0.15, 0.2) is 4.99 Å². The minimum absolute atomic E-state index is 0.0667. The van der Waals surface area contributed by atoms with Crippen LogP contribution in [0, 0.1) is 5.92 Å². The first kappa shape index (κ1) is 20.0. The van der Waals surface area contributed by atoms with E-state index in [1.54, 1.807) is 7.05 Å². The van der Waals surface area contributed by atoms with Crippen LogP contribution in [-0.4, -0.2) is 87.2 Å². The predicted octanol–water partition coefficient (Wildman–Crippen LogP) is 0.521. The van der Waals surface area contributed by atoms with Crippen molar-refractivity contribution in [3.8, 4) is 0 Å². The SMILES string of the molecule is CN=C(NCC(C)(C)N1CCOCC1)N1CCC(CC(=O)NC)CC1. The van der Waals surface area contributed by atoms with Crippen molar-refractivity contribution in [3.63, 3.8) is 0 Å². The zero-order valence-corrected chi connectivity index (χ0v) is 16.3. The van der Waals surface area contributed by atoms with Gasteiger partial charge in [0, 0.05) is 58.8 Å². The lowest BCUT2D eigenvalue weighted by molar-refractivity contribution is -0.121. The van der Waals surface area contributed by atoms with Gasteiger partial charge < -0.3 is 20.3 Å². The zero-order chi connectivity index (χ0) is 18.3. The summed E-state index contributed by atoms with van der Waals surface area (Å²) in [5.41, 5.74) is 0.0667. The maximum atomic E-state index is 11.5. The summed E-state index contributed by atoms with van der Waals surface area (Å²) in [5, 5.41) is 6.28. The van der Waals surface area contributed by atoms with Gasteiger partial charge in [-0.05, 0) is 32.6 Å². The molecule has 2 fully saturated rings. The average molecular weight is 354 g/mol. The molecule has 2 aliphatic rings. The van der Waals surface area contributed by atoms with E-state index in [1.165, 1.54) is 0 Å². The van der Waals surface area contributed by atoms with Gasteiger partial charge in [0.25, 0.3) is 0 Å². The van der Waals surface area contributed by atoms with Gasteiger partial charge in [-0.3, -0.25) is 14.7 Å². The molecule has 2 aliphatic heterocycles. The lowest BCUT2D eigenvalue weighted by atomic mass is 9.93. The van der Waals surface area contributed by atoms with Crippen LogP contribution in [0.25, 0.3) is 0 Å². The van der Waals surface area contributed by atoms with E-state index >= 15 is 0 Å². The molecule has 2 saturated heterocycles. The second kappa shape index (κ2) is 9.38. The highest BCUT2D eigenvalue weighted by molar-refractivity contribution is 5.80. The van der Waals surface area contributed by atoms with Gasteiger partial charge in [0.2, 0.25) is 5.91 Å². The Labute approximate surface area is 152 Å². The molecule has 0 radical (unpaired) electrons. The van der Waals surface area contributed by atoms with Gasteiger partial charge in [0.05, 0.1) is 13.2 Å². The van der Waals surface area contributed by atoms with Crippen LogP contribution in [0.2, 0.25) is 0 Å². The molecule has 0 saturated carbocycles. The van der Waals surface area contributed by atoms with Crippen LogP contribution in [0.3, 0.4) is 0 Å². The number of nitrogens with zero attached hydrogens (tertiary/aromatic N) is 3. The lowest BCUT2D eigenvalue weighted by Gasteiger charge is -2.42. The van der Waals surface area contributed by atoms with E-state index in [0.717, 1.165) is 64.7 Å². The normalized spacial score (nSPS) is 21.3. The highest BCUT2D eigenvalue weighted by Gasteiger charge is 2.29. The monoisotopic (exact) mass is 353 g/mol. The Morgan fingerprint density at radius 1 is 1.20 bits per heavy atom. The largest absolute Gasteiger partial charge is 0.379 e. The second-order valence-electron chi connectivity index (χ2n) is 7.62. The van der Waals surface area contributed by atoms with Crippen LogP contribution in [0.4, 0.5) is 0 Å². The van der Waals surface area contributed by atoms with Crippen LogP contribution in [-0.2, 0) is 9.53 Å². The van der Waals surface area contributed by atoms with E-state index in [9.17, 15) is 4.79 Å². The van der Waals surface area contributed by atoms with Gasteiger partial charge in [-0.15, -0.1) is 0 Å². The molecule has 2 rings (SSSR count). The van der Waals surface area contributed by atoms with E-state index in [2.05, 4.69) is 39.3 Å². The van der Waals surface area contributed by atoms with Gasteiger partial charge >= 0.3 is 0 Å². The summed E-state index contributed by atoms with van der Waals surface area (Å²) in [6.45, 7) is 10.9. The fraction of sp³-hybridized carbons (Fsp3) is 0.889. The Morgan fingerprint density at radius 3 is 2.40 bits per heavy atom. The second-order valence-corrected chi connectivity index (χ2v) is 7.62. The molecule has 7 heteroatoms. The molecule has 25 heavy (non-hydrogen) atoms. The van der Waals surface area contributed by atoms with E-state index in [0.29, 0.717) is 12.3 Å². The Bertz CT molecular complexity index is 452. The van der Waals surface area contributed by atoms with E-state index in [1.807, 2.05) is 7.05 Å². The van der Waals surface area contributed by atoms with Gasteiger partial charge in [-0.2, -0.15) is 0 Å². The molecule has 0 spiro atoms. The van der Waals surface area contributed by atoms with Crippen molar-refractivity contribution in [1.29, 1.82) is 0 Å². The molecule has 0 aliphatic carbocycles. The summed E-state index contributed by atoms with van der Waals surface area (Å²) in [6, 6.07) is 0. The first-order valence-electron chi connectivity index (χ1n) is 9.45. The third-order valence-electron chi connectivity index (χ3n) is 5.43. The molecule has 0 unspecified atom stereocenters. The number of morpholine rings is 1. The standard InChI is InChI=1S/C18H35N5O2/c1-18(2,23-9-11-25-12-10-23)14-21-17(20-4)22-7-5-15(6-8-22)13-16(24)19-3/h15H,5-14H2,1-4H3,(H,19,24)(H,20,21). The minimum atomic E-state index is 0.0667. The van der Waals surface area contributed by atoms with E-state index in [4.69, 9.17) is 4.74 Å². The van der Waals surface area contributed by atoms with Gasteiger partial charge in [-0.1, -0.05) is 0 Å². The molecule has 0 aromatic rings. The maximum Gasteiger partial charge on any atom is 0.220 e. The number of piperidine rings is 1. The van der Waals surface area contributed by atoms with Crippen molar-refractivity contribution >= 4 is 11.9 Å². The number of likely N-dealkylation sites (tertiary alicyclic amines) is 1. The molecule has 1 amide bonds. The van der Waals surface area contributed by atoms with Crippen molar-refractivity contribution < 1.29 is 9.53 Å². The smallest absolute Gasteiger partial charge is 0.220 e. The number of aliphatic imine (C=N–C) groups is 1. The van der Waals surface area contributed by atoms with Crippen LogP contribution in [0.1, 0.15) is 33.1 Å². The number of hydrogen-bond acceptors (Lipinski definition) is 4. The first-order valence-corrected chi connectivity index (χ1v) is 9.45. The number of carbonyl (C=O) groups is 1. The van der Waals surface area contributed by atoms with Gasteiger partial charge in [0.1, 0.15) is 0 Å². The third kappa shape index (κ3) is 5.85. The summed E-state index contributed by atoms with van der Waals surface area (Å²) in [6.07, 6.45) is 2.72. The summed E-state index contributed by atoms with van der Waals surface area (Å²) in [7, 11) is 3.56. The fourth-order valence-electron chi connectivity index (χ4n) is 3.62. The molecular weight excluding hydrogens is 318 g/mol. The van der Waals surface area contributed by atoms with Crippen molar-refractivity contribution in [2.45, 2.75) is 38.6 Å². The first-order chi connectivity index (χ1) is 12.0. The van der Waals surface area contributed by atoms with Crippen molar-refractivity contribution in [2.24, 2.45) is 10.9 Å². The number of hydrogen-bond donors (Lipinski definition) is 2.